The van der Waals surface area contributed by atoms with E-state index in [2.05, 4.69) is 45.0 Å². The van der Waals surface area contributed by atoms with Gasteiger partial charge in [0.1, 0.15) is 0 Å². The SMILES string of the molecule is O=C(Cc1ccc(-c2ccccc2)cc1)NCCc1csc2nc(-c3cccs3)nn12. The van der Waals surface area contributed by atoms with E-state index in [0.717, 1.165) is 32.5 Å². The van der Waals surface area contributed by atoms with Crippen molar-refractivity contribution in [2.24, 2.45) is 0 Å². The van der Waals surface area contributed by atoms with Gasteiger partial charge in [-0.25, -0.2) is 4.52 Å². The van der Waals surface area contributed by atoms with Gasteiger partial charge < -0.3 is 5.32 Å². The Bertz CT molecular complexity index is 1290. The van der Waals surface area contributed by atoms with Crippen LogP contribution in [0.25, 0.3) is 26.8 Å². The van der Waals surface area contributed by atoms with Crippen LogP contribution < -0.4 is 5.32 Å². The van der Waals surface area contributed by atoms with Crippen molar-refractivity contribution in [3.05, 3.63) is 88.7 Å². The van der Waals surface area contributed by atoms with Crippen molar-refractivity contribution in [3.63, 3.8) is 0 Å². The van der Waals surface area contributed by atoms with Crippen molar-refractivity contribution in [2.45, 2.75) is 12.8 Å². The highest BCUT2D eigenvalue weighted by Gasteiger charge is 2.12. The van der Waals surface area contributed by atoms with Crippen molar-refractivity contribution in [1.82, 2.24) is 19.9 Å². The molecular formula is C24H20N4OS2. The van der Waals surface area contributed by atoms with E-state index in [1.807, 2.05) is 52.4 Å². The number of thiazole rings is 1. The first-order valence-electron chi connectivity index (χ1n) is 10.0. The van der Waals surface area contributed by atoms with Gasteiger partial charge in [0.25, 0.3) is 0 Å². The number of nitrogens with one attached hydrogen (secondary N) is 1. The standard InChI is InChI=1S/C24H20N4OS2/c29-22(15-17-8-10-19(11-9-17)18-5-2-1-3-6-18)25-13-12-20-16-31-24-26-23(27-28(20)24)21-7-4-14-30-21/h1-11,14,16H,12-13,15H2,(H,25,29). The lowest BCUT2D eigenvalue weighted by Gasteiger charge is -2.06. The molecule has 1 N–H and O–H groups in total. The van der Waals surface area contributed by atoms with Crippen LogP contribution in [0.3, 0.4) is 0 Å². The number of hydrogen-bond donors (Lipinski definition) is 1. The number of fused-ring (bicyclic) bond motifs is 1. The molecule has 3 heterocycles. The minimum absolute atomic E-state index is 0.0248. The topological polar surface area (TPSA) is 59.3 Å². The van der Waals surface area contributed by atoms with Crippen LogP contribution in [-0.4, -0.2) is 27.0 Å². The van der Waals surface area contributed by atoms with Gasteiger partial charge in [-0.15, -0.1) is 27.8 Å². The monoisotopic (exact) mass is 444 g/mol. The van der Waals surface area contributed by atoms with E-state index in [-0.39, 0.29) is 5.91 Å². The van der Waals surface area contributed by atoms with Crippen molar-refractivity contribution < 1.29 is 4.79 Å². The van der Waals surface area contributed by atoms with E-state index in [4.69, 9.17) is 0 Å². The van der Waals surface area contributed by atoms with Crippen molar-refractivity contribution in [2.75, 3.05) is 6.54 Å². The molecule has 0 saturated heterocycles. The van der Waals surface area contributed by atoms with Gasteiger partial charge in [0.15, 0.2) is 5.82 Å². The Morgan fingerprint density at radius 1 is 0.935 bits per heavy atom. The number of benzene rings is 2. The molecule has 0 spiro atoms. The van der Waals surface area contributed by atoms with Crippen LogP contribution in [0, 0.1) is 0 Å². The molecule has 0 aliphatic carbocycles. The second-order valence-electron chi connectivity index (χ2n) is 7.17. The largest absolute Gasteiger partial charge is 0.355 e. The number of thiophene rings is 1. The summed E-state index contributed by atoms with van der Waals surface area (Å²) in [4.78, 5) is 18.9. The van der Waals surface area contributed by atoms with E-state index in [0.29, 0.717) is 19.4 Å². The normalized spacial score (nSPS) is 11.1. The van der Waals surface area contributed by atoms with Crippen LogP contribution in [0.2, 0.25) is 0 Å². The molecule has 0 atom stereocenters. The lowest BCUT2D eigenvalue weighted by atomic mass is 10.0. The minimum atomic E-state index is 0.0248. The van der Waals surface area contributed by atoms with Gasteiger partial charge in [-0.05, 0) is 28.1 Å². The molecule has 5 aromatic rings. The molecule has 0 radical (unpaired) electrons. The third-order valence-electron chi connectivity index (χ3n) is 5.02. The molecule has 0 aliphatic rings. The lowest BCUT2D eigenvalue weighted by Crippen LogP contribution is -2.27. The van der Waals surface area contributed by atoms with Gasteiger partial charge in [-0.2, -0.15) is 4.98 Å². The first kappa shape index (κ1) is 19.7. The van der Waals surface area contributed by atoms with Gasteiger partial charge in [-0.1, -0.05) is 60.7 Å². The smallest absolute Gasteiger partial charge is 0.224 e. The van der Waals surface area contributed by atoms with Crippen LogP contribution in [0.4, 0.5) is 0 Å². The Morgan fingerprint density at radius 2 is 1.74 bits per heavy atom. The Hall–Kier alpha value is -3.29. The highest BCUT2D eigenvalue weighted by Crippen LogP contribution is 2.24. The van der Waals surface area contributed by atoms with E-state index in [1.165, 1.54) is 5.56 Å². The summed E-state index contributed by atoms with van der Waals surface area (Å²) < 4.78 is 1.88. The second kappa shape index (κ2) is 8.83. The molecule has 5 nitrogen and oxygen atoms in total. The zero-order valence-corrected chi connectivity index (χ0v) is 18.3. The maximum absolute atomic E-state index is 12.4. The van der Waals surface area contributed by atoms with Gasteiger partial charge in [0, 0.05) is 18.3 Å². The number of hydrogen-bond acceptors (Lipinski definition) is 5. The van der Waals surface area contributed by atoms with E-state index >= 15 is 0 Å². The predicted molar refractivity (Wildman–Crippen MR) is 126 cm³/mol. The number of nitrogens with zero attached hydrogens (tertiary/aromatic N) is 3. The van der Waals surface area contributed by atoms with Crippen LogP contribution in [0.1, 0.15) is 11.3 Å². The number of carbonyl (C=O) groups excluding carboxylic acids is 1. The maximum atomic E-state index is 12.4. The summed E-state index contributed by atoms with van der Waals surface area (Å²) in [6.45, 7) is 0.570. The van der Waals surface area contributed by atoms with Crippen LogP contribution in [0.5, 0.6) is 0 Å². The molecule has 0 fully saturated rings. The third-order valence-corrected chi connectivity index (χ3v) is 6.75. The summed E-state index contributed by atoms with van der Waals surface area (Å²) in [5.41, 5.74) is 4.40. The second-order valence-corrected chi connectivity index (χ2v) is 8.96. The van der Waals surface area contributed by atoms with E-state index in [9.17, 15) is 4.79 Å². The number of rotatable bonds is 7. The number of amides is 1. The van der Waals surface area contributed by atoms with E-state index < -0.39 is 0 Å². The summed E-state index contributed by atoms with van der Waals surface area (Å²) in [5.74, 6) is 0.780. The zero-order chi connectivity index (χ0) is 21.0. The Balaban J connectivity index is 1.16. The molecule has 0 aliphatic heterocycles. The average Bonchev–Trinajstić information content (AvgIpc) is 3.53. The quantitative estimate of drug-likeness (QED) is 0.380. The minimum Gasteiger partial charge on any atom is -0.355 e. The van der Waals surface area contributed by atoms with Crippen molar-refractivity contribution >= 4 is 33.5 Å². The zero-order valence-electron chi connectivity index (χ0n) is 16.7. The molecule has 154 valence electrons. The third kappa shape index (κ3) is 4.42. The first-order chi connectivity index (χ1) is 15.3. The summed E-state index contributed by atoms with van der Waals surface area (Å²) in [6.07, 6.45) is 1.09. The summed E-state index contributed by atoms with van der Waals surface area (Å²) in [5, 5.41) is 11.7. The summed E-state index contributed by atoms with van der Waals surface area (Å²) >= 11 is 3.21. The summed E-state index contributed by atoms with van der Waals surface area (Å²) in [7, 11) is 0. The molecule has 31 heavy (non-hydrogen) atoms. The fourth-order valence-electron chi connectivity index (χ4n) is 3.43. The van der Waals surface area contributed by atoms with Crippen LogP contribution in [-0.2, 0) is 17.6 Å². The van der Waals surface area contributed by atoms with Crippen molar-refractivity contribution in [3.8, 4) is 21.8 Å². The van der Waals surface area contributed by atoms with Gasteiger partial charge >= 0.3 is 0 Å². The van der Waals surface area contributed by atoms with Crippen LogP contribution >= 0.6 is 22.7 Å². The molecule has 3 aromatic heterocycles. The Morgan fingerprint density at radius 3 is 2.52 bits per heavy atom. The molecule has 7 heteroatoms. The Labute approximate surface area is 188 Å². The average molecular weight is 445 g/mol. The number of carbonyl (C=O) groups is 1. The van der Waals surface area contributed by atoms with Crippen molar-refractivity contribution in [1.29, 1.82) is 0 Å². The molecule has 5 rings (SSSR count). The van der Waals surface area contributed by atoms with Gasteiger partial charge in [0.2, 0.25) is 10.9 Å². The highest BCUT2D eigenvalue weighted by atomic mass is 32.1. The molecule has 0 bridgehead atoms. The highest BCUT2D eigenvalue weighted by molar-refractivity contribution is 7.15. The summed E-state index contributed by atoms with van der Waals surface area (Å²) in [6, 6.07) is 22.4. The Kier molecular flexibility index (Phi) is 5.60. The fourth-order valence-corrected chi connectivity index (χ4v) is 4.94. The van der Waals surface area contributed by atoms with Gasteiger partial charge in [0.05, 0.1) is 17.0 Å². The molecule has 0 saturated carbocycles. The maximum Gasteiger partial charge on any atom is 0.224 e. The number of aromatic nitrogens is 3. The fraction of sp³-hybridized carbons (Fsp3) is 0.125. The van der Waals surface area contributed by atoms with E-state index in [1.54, 1.807) is 22.7 Å². The first-order valence-corrected chi connectivity index (χ1v) is 11.8. The molecule has 1 amide bonds. The lowest BCUT2D eigenvalue weighted by molar-refractivity contribution is -0.120. The van der Waals surface area contributed by atoms with Gasteiger partial charge in [-0.3, -0.25) is 4.79 Å². The van der Waals surface area contributed by atoms with Crippen LogP contribution in [0.15, 0.2) is 77.5 Å². The molecule has 0 unspecified atom stereocenters. The molecule has 2 aromatic carbocycles. The predicted octanol–water partition coefficient (Wildman–Crippen LogP) is 5.09. The molecular weight excluding hydrogens is 424 g/mol.